The van der Waals surface area contributed by atoms with E-state index in [2.05, 4.69) is 43.3 Å². The molecular weight excluding hydrogens is 348 g/mol. The number of pyridine rings is 1. The Morgan fingerprint density at radius 1 is 0.893 bits per heavy atom. The molecule has 2 aromatic heterocycles. The van der Waals surface area contributed by atoms with E-state index in [9.17, 15) is 0 Å². The lowest BCUT2D eigenvalue weighted by Gasteiger charge is -2.25. The highest BCUT2D eigenvalue weighted by atomic mass is 15.2. The summed E-state index contributed by atoms with van der Waals surface area (Å²) in [5.74, 6) is 1.84. The predicted molar refractivity (Wildman–Crippen MR) is 113 cm³/mol. The molecule has 0 saturated carbocycles. The van der Waals surface area contributed by atoms with Gasteiger partial charge in [-0.1, -0.05) is 25.3 Å². The summed E-state index contributed by atoms with van der Waals surface area (Å²) < 4.78 is 0. The smallest absolute Gasteiger partial charge is 0.224 e. The van der Waals surface area contributed by atoms with Crippen molar-refractivity contribution >= 4 is 11.8 Å². The van der Waals surface area contributed by atoms with E-state index in [1.165, 1.54) is 38.5 Å². The van der Waals surface area contributed by atoms with Gasteiger partial charge in [0, 0.05) is 44.6 Å². The zero-order chi connectivity index (χ0) is 19.0. The molecule has 0 aromatic carbocycles. The molecule has 150 valence electrons. The maximum atomic E-state index is 4.84. The third kappa shape index (κ3) is 5.41. The molecule has 6 heteroatoms. The summed E-state index contributed by atoms with van der Waals surface area (Å²) in [4.78, 5) is 18.8. The molecule has 2 aliphatic heterocycles. The summed E-state index contributed by atoms with van der Waals surface area (Å²) in [5.41, 5.74) is 1.14. The van der Waals surface area contributed by atoms with E-state index < -0.39 is 0 Å². The average Bonchev–Trinajstić information content (AvgIpc) is 3.12. The zero-order valence-electron chi connectivity index (χ0n) is 16.8. The first-order valence-corrected chi connectivity index (χ1v) is 10.8. The number of hydrogen-bond acceptors (Lipinski definition) is 6. The topological polar surface area (TPSA) is 57.2 Å². The van der Waals surface area contributed by atoms with Gasteiger partial charge in [-0.3, -0.25) is 9.88 Å². The first kappa shape index (κ1) is 19.1. The lowest BCUT2D eigenvalue weighted by molar-refractivity contribution is 0.266. The second-order valence-electron chi connectivity index (χ2n) is 8.03. The van der Waals surface area contributed by atoms with Crippen LogP contribution in [-0.2, 0) is 6.54 Å². The van der Waals surface area contributed by atoms with Crippen LogP contribution in [0.3, 0.4) is 0 Å². The molecule has 0 aliphatic carbocycles. The standard InChI is InChI=1S/C22H32N6/c1-2-7-16-28(15-6-1)21-11-13-24-22(26-21)25-20-10-4-8-14-27(18-20)17-19-9-3-5-12-23-19/h3,5,9,11-13,20H,1-2,4,6-8,10,14-18H2,(H,24,25,26). The first-order valence-electron chi connectivity index (χ1n) is 10.8. The number of nitrogens with one attached hydrogen (secondary N) is 1. The summed E-state index contributed by atoms with van der Waals surface area (Å²) in [7, 11) is 0. The number of anilines is 2. The van der Waals surface area contributed by atoms with Crippen molar-refractivity contribution in [2.24, 2.45) is 0 Å². The van der Waals surface area contributed by atoms with E-state index in [0.717, 1.165) is 56.6 Å². The molecule has 0 radical (unpaired) electrons. The van der Waals surface area contributed by atoms with Gasteiger partial charge in [0.15, 0.2) is 0 Å². The quantitative estimate of drug-likeness (QED) is 0.853. The second kappa shape index (κ2) is 9.82. The summed E-state index contributed by atoms with van der Waals surface area (Å²) in [6.45, 7) is 5.26. The minimum atomic E-state index is 0.380. The Hall–Kier alpha value is -2.21. The van der Waals surface area contributed by atoms with Crippen LogP contribution in [0.4, 0.5) is 11.8 Å². The Morgan fingerprint density at radius 2 is 1.75 bits per heavy atom. The fourth-order valence-electron chi connectivity index (χ4n) is 4.28. The van der Waals surface area contributed by atoms with Crippen molar-refractivity contribution in [2.75, 3.05) is 36.4 Å². The van der Waals surface area contributed by atoms with E-state index in [1.807, 2.05) is 18.5 Å². The molecule has 2 aliphatic rings. The highest BCUT2D eigenvalue weighted by molar-refractivity contribution is 5.43. The number of rotatable bonds is 5. The summed E-state index contributed by atoms with van der Waals surface area (Å²) in [6.07, 6.45) is 12.6. The van der Waals surface area contributed by atoms with Crippen molar-refractivity contribution in [3.8, 4) is 0 Å². The molecule has 4 rings (SSSR count). The van der Waals surface area contributed by atoms with Gasteiger partial charge in [0.1, 0.15) is 5.82 Å². The third-order valence-corrected chi connectivity index (χ3v) is 5.77. The van der Waals surface area contributed by atoms with Gasteiger partial charge >= 0.3 is 0 Å². The first-order chi connectivity index (χ1) is 13.9. The molecule has 2 fully saturated rings. The Bertz CT molecular complexity index is 714. The van der Waals surface area contributed by atoms with Gasteiger partial charge in [-0.15, -0.1) is 0 Å². The van der Waals surface area contributed by atoms with E-state index in [0.29, 0.717) is 6.04 Å². The molecular formula is C22H32N6. The number of likely N-dealkylation sites (tertiary alicyclic amines) is 1. The normalized spacial score (nSPS) is 21.7. The summed E-state index contributed by atoms with van der Waals surface area (Å²) in [6, 6.07) is 8.59. The molecule has 28 heavy (non-hydrogen) atoms. The maximum absolute atomic E-state index is 4.84. The van der Waals surface area contributed by atoms with E-state index in [1.54, 1.807) is 0 Å². The fourth-order valence-corrected chi connectivity index (χ4v) is 4.28. The van der Waals surface area contributed by atoms with Gasteiger partial charge in [0.25, 0.3) is 0 Å². The van der Waals surface area contributed by atoms with Crippen LogP contribution >= 0.6 is 0 Å². The van der Waals surface area contributed by atoms with Gasteiger partial charge in [-0.25, -0.2) is 4.98 Å². The molecule has 1 N–H and O–H groups in total. The predicted octanol–water partition coefficient (Wildman–Crippen LogP) is 3.72. The van der Waals surface area contributed by atoms with Crippen molar-refractivity contribution in [1.29, 1.82) is 0 Å². The van der Waals surface area contributed by atoms with Crippen LogP contribution in [0.1, 0.15) is 50.6 Å². The van der Waals surface area contributed by atoms with Crippen LogP contribution in [0.5, 0.6) is 0 Å². The van der Waals surface area contributed by atoms with Crippen LogP contribution in [0.15, 0.2) is 36.7 Å². The Balaban J connectivity index is 1.39. The van der Waals surface area contributed by atoms with E-state index in [4.69, 9.17) is 4.98 Å². The number of aromatic nitrogens is 3. The molecule has 0 bridgehead atoms. The molecule has 2 saturated heterocycles. The van der Waals surface area contributed by atoms with Crippen LogP contribution in [0.25, 0.3) is 0 Å². The Kier molecular flexibility index (Phi) is 6.71. The monoisotopic (exact) mass is 380 g/mol. The van der Waals surface area contributed by atoms with Crippen molar-refractivity contribution in [2.45, 2.75) is 57.5 Å². The average molecular weight is 381 g/mol. The van der Waals surface area contributed by atoms with E-state index in [-0.39, 0.29) is 0 Å². The zero-order valence-corrected chi connectivity index (χ0v) is 16.8. The lowest BCUT2D eigenvalue weighted by Crippen LogP contribution is -2.35. The maximum Gasteiger partial charge on any atom is 0.224 e. The highest BCUT2D eigenvalue weighted by Gasteiger charge is 2.20. The Morgan fingerprint density at radius 3 is 2.57 bits per heavy atom. The highest BCUT2D eigenvalue weighted by Crippen LogP contribution is 2.20. The molecule has 6 nitrogen and oxygen atoms in total. The van der Waals surface area contributed by atoms with Crippen LogP contribution in [0, 0.1) is 0 Å². The molecule has 2 aromatic rings. The molecule has 0 spiro atoms. The molecule has 1 atom stereocenters. The number of hydrogen-bond donors (Lipinski definition) is 1. The summed E-state index contributed by atoms with van der Waals surface area (Å²) >= 11 is 0. The van der Waals surface area contributed by atoms with Crippen molar-refractivity contribution in [3.63, 3.8) is 0 Å². The van der Waals surface area contributed by atoms with Gasteiger partial charge < -0.3 is 10.2 Å². The van der Waals surface area contributed by atoms with Crippen LogP contribution < -0.4 is 10.2 Å². The second-order valence-corrected chi connectivity index (χ2v) is 8.03. The van der Waals surface area contributed by atoms with E-state index >= 15 is 0 Å². The van der Waals surface area contributed by atoms with Crippen molar-refractivity contribution in [3.05, 3.63) is 42.4 Å². The van der Waals surface area contributed by atoms with Gasteiger partial charge in [-0.05, 0) is 50.4 Å². The SMILES string of the molecule is c1ccc(CN2CCCCC(Nc3nccc(N4CCCCCC4)n3)C2)nc1. The van der Waals surface area contributed by atoms with Crippen LogP contribution in [-0.4, -0.2) is 52.1 Å². The van der Waals surface area contributed by atoms with Gasteiger partial charge in [0.2, 0.25) is 5.95 Å². The Labute approximate surface area is 168 Å². The third-order valence-electron chi connectivity index (χ3n) is 5.77. The van der Waals surface area contributed by atoms with Crippen molar-refractivity contribution < 1.29 is 0 Å². The van der Waals surface area contributed by atoms with Crippen LogP contribution in [0.2, 0.25) is 0 Å². The minimum Gasteiger partial charge on any atom is -0.356 e. The minimum absolute atomic E-state index is 0.380. The molecule has 0 amide bonds. The van der Waals surface area contributed by atoms with Crippen molar-refractivity contribution in [1.82, 2.24) is 19.9 Å². The van der Waals surface area contributed by atoms with Gasteiger partial charge in [0.05, 0.1) is 5.69 Å². The number of nitrogens with zero attached hydrogens (tertiary/aromatic N) is 5. The lowest BCUT2D eigenvalue weighted by atomic mass is 10.1. The molecule has 4 heterocycles. The largest absolute Gasteiger partial charge is 0.356 e. The summed E-state index contributed by atoms with van der Waals surface area (Å²) in [5, 5.41) is 3.62. The molecule has 1 unspecified atom stereocenters. The fraction of sp³-hybridized carbons (Fsp3) is 0.591. The van der Waals surface area contributed by atoms with Gasteiger partial charge in [-0.2, -0.15) is 4.98 Å².